The minimum absolute atomic E-state index is 0.351. The van der Waals surface area contributed by atoms with Gasteiger partial charge in [-0.05, 0) is 51.8 Å². The molecule has 1 aromatic rings. The molecule has 110 valence electrons. The van der Waals surface area contributed by atoms with Crippen molar-refractivity contribution >= 4 is 0 Å². The predicted octanol–water partition coefficient (Wildman–Crippen LogP) is 2.97. The van der Waals surface area contributed by atoms with Gasteiger partial charge in [-0.2, -0.15) is 0 Å². The van der Waals surface area contributed by atoms with Gasteiger partial charge >= 0.3 is 0 Å². The average molecular weight is 274 g/mol. The first-order valence-corrected chi connectivity index (χ1v) is 7.91. The van der Waals surface area contributed by atoms with Crippen LogP contribution < -0.4 is 10.1 Å². The maximum Gasteiger partial charge on any atom is 0.123 e. The molecule has 0 saturated carbocycles. The summed E-state index contributed by atoms with van der Waals surface area (Å²) in [5, 5.41) is 3.82. The average Bonchev–Trinajstić information content (AvgIpc) is 2.94. The molecule has 20 heavy (non-hydrogen) atoms. The number of hydrogen-bond donors (Lipinski definition) is 1. The summed E-state index contributed by atoms with van der Waals surface area (Å²) in [6.45, 7) is 4.83. The number of benzene rings is 1. The van der Waals surface area contributed by atoms with Crippen molar-refractivity contribution in [3.05, 3.63) is 29.8 Å². The van der Waals surface area contributed by atoms with Crippen LogP contribution >= 0.6 is 0 Å². The summed E-state index contributed by atoms with van der Waals surface area (Å²) in [4.78, 5) is 2.67. The Bertz CT molecular complexity index is 448. The zero-order valence-corrected chi connectivity index (χ0v) is 12.6. The van der Waals surface area contributed by atoms with Crippen LogP contribution in [-0.2, 0) is 0 Å². The number of methoxy groups -OCH3 is 1. The zero-order chi connectivity index (χ0) is 13.9. The second-order valence-corrected chi connectivity index (χ2v) is 6.18. The summed E-state index contributed by atoms with van der Waals surface area (Å²) < 4.78 is 5.48. The Kier molecular flexibility index (Phi) is 4.27. The third kappa shape index (κ3) is 2.84. The van der Waals surface area contributed by atoms with Gasteiger partial charge in [-0.25, -0.2) is 0 Å². The Hall–Kier alpha value is -1.06. The van der Waals surface area contributed by atoms with Gasteiger partial charge in [-0.1, -0.05) is 18.2 Å². The first-order chi connectivity index (χ1) is 9.78. The topological polar surface area (TPSA) is 24.5 Å². The van der Waals surface area contributed by atoms with E-state index < -0.39 is 0 Å². The highest BCUT2D eigenvalue weighted by Gasteiger charge is 2.32. The molecule has 2 saturated heterocycles. The molecule has 3 heteroatoms. The molecule has 0 aliphatic carbocycles. The van der Waals surface area contributed by atoms with Crippen molar-refractivity contribution in [2.24, 2.45) is 0 Å². The zero-order valence-electron chi connectivity index (χ0n) is 12.6. The van der Waals surface area contributed by atoms with Crippen LogP contribution in [0.4, 0.5) is 0 Å². The molecule has 0 aromatic heterocycles. The number of fused-ring (bicyclic) bond motifs is 1. The summed E-state index contributed by atoms with van der Waals surface area (Å²) in [7, 11) is 1.75. The van der Waals surface area contributed by atoms with E-state index in [0.717, 1.165) is 11.8 Å². The van der Waals surface area contributed by atoms with Gasteiger partial charge in [0.1, 0.15) is 5.75 Å². The monoisotopic (exact) mass is 274 g/mol. The first kappa shape index (κ1) is 13.9. The minimum Gasteiger partial charge on any atom is -0.496 e. The van der Waals surface area contributed by atoms with E-state index in [0.29, 0.717) is 12.1 Å². The lowest BCUT2D eigenvalue weighted by molar-refractivity contribution is 0.162. The quantitative estimate of drug-likeness (QED) is 0.913. The predicted molar refractivity (Wildman–Crippen MR) is 82.2 cm³/mol. The standard InChI is InChI=1S/C17H26N2O/c1-13(16-7-3-4-8-17(16)20-2)18-14-9-11-19-10-5-6-15(19)12-14/h3-4,7-8,13-15,18H,5-6,9-12H2,1-2H3/t13-,14?,15?/m1/s1. The molecule has 2 heterocycles. The van der Waals surface area contributed by atoms with Gasteiger partial charge in [-0.15, -0.1) is 0 Å². The highest BCUT2D eigenvalue weighted by Crippen LogP contribution is 2.30. The number of para-hydroxylation sites is 1. The Labute approximate surface area is 122 Å². The van der Waals surface area contributed by atoms with Gasteiger partial charge < -0.3 is 15.0 Å². The lowest BCUT2D eigenvalue weighted by atomic mass is 9.96. The van der Waals surface area contributed by atoms with E-state index in [1.807, 2.05) is 12.1 Å². The van der Waals surface area contributed by atoms with Gasteiger partial charge in [-0.3, -0.25) is 0 Å². The van der Waals surface area contributed by atoms with Crippen molar-refractivity contribution in [2.75, 3.05) is 20.2 Å². The molecule has 2 aliphatic rings. The van der Waals surface area contributed by atoms with E-state index in [1.54, 1.807) is 7.11 Å². The summed E-state index contributed by atoms with van der Waals surface area (Å²) in [5.41, 5.74) is 1.27. The van der Waals surface area contributed by atoms with Gasteiger partial charge in [0.15, 0.2) is 0 Å². The Morgan fingerprint density at radius 1 is 1.25 bits per heavy atom. The van der Waals surface area contributed by atoms with Crippen LogP contribution in [-0.4, -0.2) is 37.2 Å². The van der Waals surface area contributed by atoms with Crippen molar-refractivity contribution in [2.45, 2.75) is 50.7 Å². The fourth-order valence-corrected chi connectivity index (χ4v) is 3.84. The third-order valence-electron chi connectivity index (χ3n) is 4.91. The number of nitrogens with one attached hydrogen (secondary N) is 1. The maximum absolute atomic E-state index is 5.48. The second kappa shape index (κ2) is 6.15. The largest absolute Gasteiger partial charge is 0.496 e. The minimum atomic E-state index is 0.351. The van der Waals surface area contributed by atoms with E-state index in [1.165, 1.54) is 44.3 Å². The van der Waals surface area contributed by atoms with Crippen LogP contribution in [0.1, 0.15) is 44.2 Å². The van der Waals surface area contributed by atoms with Crippen LogP contribution in [0.25, 0.3) is 0 Å². The fourth-order valence-electron chi connectivity index (χ4n) is 3.84. The molecule has 3 rings (SSSR count). The maximum atomic E-state index is 5.48. The molecule has 0 radical (unpaired) electrons. The number of hydrogen-bond acceptors (Lipinski definition) is 3. The second-order valence-electron chi connectivity index (χ2n) is 6.18. The molecule has 3 nitrogen and oxygen atoms in total. The lowest BCUT2D eigenvalue weighted by Crippen LogP contribution is -2.46. The molecule has 2 fully saturated rings. The van der Waals surface area contributed by atoms with Gasteiger partial charge in [0.2, 0.25) is 0 Å². The van der Waals surface area contributed by atoms with Crippen molar-refractivity contribution in [3.63, 3.8) is 0 Å². The molecular formula is C17H26N2O. The van der Waals surface area contributed by atoms with E-state index in [4.69, 9.17) is 4.74 Å². The molecule has 0 spiro atoms. The first-order valence-electron chi connectivity index (χ1n) is 7.91. The van der Waals surface area contributed by atoms with Crippen molar-refractivity contribution in [1.82, 2.24) is 10.2 Å². The normalized spacial score (nSPS) is 28.1. The molecule has 1 N–H and O–H groups in total. The molecule has 3 atom stereocenters. The van der Waals surface area contributed by atoms with Crippen LogP contribution in [0, 0.1) is 0 Å². The molecule has 0 bridgehead atoms. The molecule has 1 aromatic carbocycles. The van der Waals surface area contributed by atoms with E-state index >= 15 is 0 Å². The lowest BCUT2D eigenvalue weighted by Gasteiger charge is -2.36. The van der Waals surface area contributed by atoms with Gasteiger partial charge in [0.25, 0.3) is 0 Å². The van der Waals surface area contributed by atoms with Crippen LogP contribution in [0.15, 0.2) is 24.3 Å². The highest BCUT2D eigenvalue weighted by molar-refractivity contribution is 5.35. The smallest absolute Gasteiger partial charge is 0.123 e. The molecular weight excluding hydrogens is 248 g/mol. The number of rotatable bonds is 4. The highest BCUT2D eigenvalue weighted by atomic mass is 16.5. The van der Waals surface area contributed by atoms with Crippen molar-refractivity contribution in [3.8, 4) is 5.75 Å². The number of nitrogens with zero attached hydrogens (tertiary/aromatic N) is 1. The van der Waals surface area contributed by atoms with Crippen LogP contribution in [0.5, 0.6) is 5.75 Å². The van der Waals surface area contributed by atoms with Crippen molar-refractivity contribution < 1.29 is 4.74 Å². The number of ether oxygens (including phenoxy) is 1. The van der Waals surface area contributed by atoms with Crippen LogP contribution in [0.2, 0.25) is 0 Å². The van der Waals surface area contributed by atoms with E-state index in [-0.39, 0.29) is 0 Å². The molecule has 2 unspecified atom stereocenters. The Morgan fingerprint density at radius 2 is 2.10 bits per heavy atom. The summed E-state index contributed by atoms with van der Waals surface area (Å²) in [5.74, 6) is 0.991. The van der Waals surface area contributed by atoms with Gasteiger partial charge in [0.05, 0.1) is 7.11 Å². The summed E-state index contributed by atoms with van der Waals surface area (Å²) in [6, 6.07) is 10.2. The Morgan fingerprint density at radius 3 is 2.95 bits per heavy atom. The summed E-state index contributed by atoms with van der Waals surface area (Å²) in [6.07, 6.45) is 5.36. The van der Waals surface area contributed by atoms with Gasteiger partial charge in [0, 0.05) is 23.7 Å². The molecule has 0 amide bonds. The molecule has 2 aliphatic heterocycles. The van der Waals surface area contributed by atoms with E-state index in [9.17, 15) is 0 Å². The fraction of sp³-hybridized carbons (Fsp3) is 0.647. The SMILES string of the molecule is COc1ccccc1[C@@H](C)NC1CCN2CCCC2C1. The Balaban J connectivity index is 1.62. The third-order valence-corrected chi connectivity index (χ3v) is 4.91. The summed E-state index contributed by atoms with van der Waals surface area (Å²) >= 11 is 0. The number of piperidine rings is 1. The van der Waals surface area contributed by atoms with Crippen LogP contribution in [0.3, 0.4) is 0 Å². The van der Waals surface area contributed by atoms with Crippen molar-refractivity contribution in [1.29, 1.82) is 0 Å². The van der Waals surface area contributed by atoms with E-state index in [2.05, 4.69) is 29.3 Å².